The first-order valence-electron chi connectivity index (χ1n) is 5.35. The van der Waals surface area contributed by atoms with Crippen LogP contribution in [0.3, 0.4) is 0 Å². The molecule has 2 N–H and O–H groups in total. The van der Waals surface area contributed by atoms with Crippen LogP contribution in [-0.2, 0) is 0 Å². The Morgan fingerprint density at radius 1 is 1.29 bits per heavy atom. The van der Waals surface area contributed by atoms with E-state index in [2.05, 4.69) is 17.5 Å². The van der Waals surface area contributed by atoms with Crippen molar-refractivity contribution in [3.63, 3.8) is 0 Å². The van der Waals surface area contributed by atoms with Crippen molar-refractivity contribution < 1.29 is 4.74 Å². The van der Waals surface area contributed by atoms with Crippen LogP contribution in [0.4, 0.5) is 0 Å². The van der Waals surface area contributed by atoms with Gasteiger partial charge in [-0.1, -0.05) is 18.2 Å². The van der Waals surface area contributed by atoms with E-state index in [9.17, 15) is 0 Å². The van der Waals surface area contributed by atoms with Crippen LogP contribution in [-0.4, -0.2) is 12.9 Å². The number of ether oxygens (including phenoxy) is 1. The first-order valence-corrected chi connectivity index (χ1v) is 7.22. The third-order valence-corrected chi connectivity index (χ3v) is 4.69. The van der Waals surface area contributed by atoms with E-state index in [4.69, 9.17) is 10.5 Å². The molecule has 2 rings (SSSR count). The first kappa shape index (κ1) is 12.5. The number of benzene rings is 1. The molecule has 0 bridgehead atoms. The number of methoxy groups -OCH3 is 1. The largest absolute Gasteiger partial charge is 0.497 e. The van der Waals surface area contributed by atoms with Gasteiger partial charge in [-0.2, -0.15) is 0 Å². The van der Waals surface area contributed by atoms with E-state index >= 15 is 0 Å². The van der Waals surface area contributed by atoms with Gasteiger partial charge in [0.1, 0.15) is 5.75 Å². The lowest BCUT2D eigenvalue weighted by Gasteiger charge is -2.11. The minimum atomic E-state index is 0.0630. The lowest BCUT2D eigenvalue weighted by Crippen LogP contribution is -2.12. The van der Waals surface area contributed by atoms with Crippen LogP contribution < -0.4 is 10.5 Å². The Kier molecular flexibility index (Phi) is 4.48. The zero-order valence-corrected chi connectivity index (χ0v) is 11.3. The highest BCUT2D eigenvalue weighted by Gasteiger charge is 2.07. The minimum Gasteiger partial charge on any atom is -0.497 e. The van der Waals surface area contributed by atoms with Crippen molar-refractivity contribution >= 4 is 23.1 Å². The molecule has 0 saturated heterocycles. The second-order valence-electron chi connectivity index (χ2n) is 3.62. The van der Waals surface area contributed by atoms with Crippen molar-refractivity contribution in [2.24, 2.45) is 5.73 Å². The fraction of sp³-hybridized carbons (Fsp3) is 0.231. The number of nitrogens with two attached hydrogens (primary N) is 1. The Morgan fingerprint density at radius 3 is 2.65 bits per heavy atom. The maximum Gasteiger partial charge on any atom is 0.118 e. The molecule has 1 atom stereocenters. The average Bonchev–Trinajstić information content (AvgIpc) is 2.89. The van der Waals surface area contributed by atoms with E-state index in [0.717, 1.165) is 17.1 Å². The van der Waals surface area contributed by atoms with Crippen molar-refractivity contribution in [3.8, 4) is 5.75 Å². The van der Waals surface area contributed by atoms with Crippen molar-refractivity contribution in [3.05, 3.63) is 47.3 Å². The van der Waals surface area contributed by atoms with Crippen LogP contribution in [0.2, 0.25) is 0 Å². The van der Waals surface area contributed by atoms with Crippen LogP contribution >= 0.6 is 23.1 Å². The Hall–Kier alpha value is -0.970. The standard InChI is InChI=1S/C13H15NOS2/c1-15-11-6-4-10(5-7-11)12(14)9-17-13-3-2-8-16-13/h2-8,12H,9,14H2,1H3. The van der Waals surface area contributed by atoms with Crippen LogP contribution in [0.15, 0.2) is 46.0 Å². The van der Waals surface area contributed by atoms with Gasteiger partial charge in [-0.3, -0.25) is 0 Å². The summed E-state index contributed by atoms with van der Waals surface area (Å²) in [6.45, 7) is 0. The molecule has 1 aromatic carbocycles. The average molecular weight is 265 g/mol. The maximum atomic E-state index is 6.15. The molecular weight excluding hydrogens is 250 g/mol. The van der Waals surface area contributed by atoms with Gasteiger partial charge in [-0.05, 0) is 29.1 Å². The Morgan fingerprint density at radius 2 is 2.06 bits per heavy atom. The molecule has 17 heavy (non-hydrogen) atoms. The van der Waals surface area contributed by atoms with E-state index in [1.807, 2.05) is 24.3 Å². The summed E-state index contributed by atoms with van der Waals surface area (Å²) in [5.74, 6) is 1.76. The molecule has 1 unspecified atom stereocenters. The molecule has 90 valence electrons. The quantitative estimate of drug-likeness (QED) is 0.840. The summed E-state index contributed by atoms with van der Waals surface area (Å²) >= 11 is 3.56. The SMILES string of the molecule is COc1ccc(C(N)CSc2cccs2)cc1. The van der Waals surface area contributed by atoms with Gasteiger partial charge in [0, 0.05) is 11.8 Å². The third kappa shape index (κ3) is 3.49. The van der Waals surface area contributed by atoms with Crippen molar-refractivity contribution in [1.29, 1.82) is 0 Å². The molecule has 0 spiro atoms. The molecule has 0 amide bonds. The Balaban J connectivity index is 1.92. The second-order valence-corrected chi connectivity index (χ2v) is 5.89. The molecule has 0 aliphatic heterocycles. The summed E-state index contributed by atoms with van der Waals surface area (Å²) in [5, 5.41) is 2.08. The van der Waals surface area contributed by atoms with Crippen LogP contribution in [0.5, 0.6) is 5.75 Å². The highest BCUT2D eigenvalue weighted by atomic mass is 32.2. The zero-order chi connectivity index (χ0) is 12.1. The molecule has 0 radical (unpaired) electrons. The molecule has 1 heterocycles. The fourth-order valence-electron chi connectivity index (χ4n) is 1.46. The molecule has 0 fully saturated rings. The molecule has 0 aliphatic carbocycles. The smallest absolute Gasteiger partial charge is 0.118 e. The lowest BCUT2D eigenvalue weighted by atomic mass is 10.1. The van der Waals surface area contributed by atoms with E-state index in [-0.39, 0.29) is 6.04 Å². The van der Waals surface area contributed by atoms with Crippen LogP contribution in [0.1, 0.15) is 11.6 Å². The van der Waals surface area contributed by atoms with E-state index in [0.29, 0.717) is 0 Å². The third-order valence-electron chi connectivity index (χ3n) is 2.44. The number of thioether (sulfide) groups is 1. The summed E-state index contributed by atoms with van der Waals surface area (Å²) in [4.78, 5) is 0. The first-order chi connectivity index (χ1) is 8.29. The molecule has 1 aromatic heterocycles. The lowest BCUT2D eigenvalue weighted by molar-refractivity contribution is 0.414. The summed E-state index contributed by atoms with van der Waals surface area (Å²) in [5.41, 5.74) is 7.29. The monoisotopic (exact) mass is 265 g/mol. The van der Waals surface area contributed by atoms with Gasteiger partial charge in [-0.25, -0.2) is 0 Å². The van der Waals surface area contributed by atoms with Gasteiger partial charge >= 0.3 is 0 Å². The van der Waals surface area contributed by atoms with Crippen molar-refractivity contribution in [2.75, 3.05) is 12.9 Å². The Bertz CT molecular complexity index is 439. The van der Waals surface area contributed by atoms with Gasteiger partial charge in [0.15, 0.2) is 0 Å². The maximum absolute atomic E-state index is 6.15. The van der Waals surface area contributed by atoms with Gasteiger partial charge in [0.2, 0.25) is 0 Å². The summed E-state index contributed by atoms with van der Waals surface area (Å²) in [6.07, 6.45) is 0. The van der Waals surface area contributed by atoms with Crippen molar-refractivity contribution in [1.82, 2.24) is 0 Å². The van der Waals surface area contributed by atoms with E-state index < -0.39 is 0 Å². The predicted octanol–water partition coefficient (Wildman–Crippen LogP) is 3.55. The fourth-order valence-corrected chi connectivity index (χ4v) is 3.27. The predicted molar refractivity (Wildman–Crippen MR) is 75.0 cm³/mol. The normalized spacial score (nSPS) is 12.4. The zero-order valence-electron chi connectivity index (χ0n) is 9.63. The van der Waals surface area contributed by atoms with Crippen molar-refractivity contribution in [2.45, 2.75) is 10.3 Å². The van der Waals surface area contributed by atoms with E-state index in [1.165, 1.54) is 4.21 Å². The van der Waals surface area contributed by atoms with Gasteiger partial charge < -0.3 is 10.5 Å². The molecule has 0 aliphatic rings. The highest BCUT2D eigenvalue weighted by Crippen LogP contribution is 2.27. The molecule has 2 nitrogen and oxygen atoms in total. The number of thiophene rings is 1. The molecule has 4 heteroatoms. The highest BCUT2D eigenvalue weighted by molar-refractivity contribution is 8.01. The summed E-state index contributed by atoms with van der Waals surface area (Å²) in [6, 6.07) is 12.2. The Labute approximate surface area is 110 Å². The minimum absolute atomic E-state index is 0.0630. The molecule has 0 saturated carbocycles. The van der Waals surface area contributed by atoms with Crippen LogP contribution in [0.25, 0.3) is 0 Å². The molecule has 2 aromatic rings. The number of hydrogen-bond donors (Lipinski definition) is 1. The summed E-state index contributed by atoms with van der Waals surface area (Å²) < 4.78 is 6.44. The van der Waals surface area contributed by atoms with Crippen LogP contribution in [0, 0.1) is 0 Å². The number of hydrogen-bond acceptors (Lipinski definition) is 4. The van der Waals surface area contributed by atoms with Gasteiger partial charge in [-0.15, -0.1) is 23.1 Å². The summed E-state index contributed by atoms with van der Waals surface area (Å²) in [7, 11) is 1.67. The second kappa shape index (κ2) is 6.10. The number of rotatable bonds is 5. The topological polar surface area (TPSA) is 35.2 Å². The van der Waals surface area contributed by atoms with Gasteiger partial charge in [0.25, 0.3) is 0 Å². The van der Waals surface area contributed by atoms with Gasteiger partial charge in [0.05, 0.1) is 11.3 Å². The van der Waals surface area contributed by atoms with E-state index in [1.54, 1.807) is 30.2 Å². The molecular formula is C13H15NOS2.